The Hall–Kier alpha value is -2.05. The Balaban J connectivity index is 1.67. The van der Waals surface area contributed by atoms with Crippen molar-refractivity contribution in [2.75, 3.05) is 55.7 Å². The molecule has 3 heterocycles. The number of amides is 1. The number of hydrogen-bond acceptors (Lipinski definition) is 6. The molecule has 1 aromatic heterocycles. The molecule has 1 aromatic rings. The average Bonchev–Trinajstić information content (AvgIpc) is 2.62. The number of carbonyl (C=O) groups is 1. The maximum Gasteiger partial charge on any atom is 0.409 e. The fraction of sp³-hybridized carbons (Fsp3) is 0.706. The summed E-state index contributed by atoms with van der Waals surface area (Å²) in [4.78, 5) is 27.5. The molecule has 132 valence electrons. The van der Waals surface area contributed by atoms with Crippen LogP contribution in [0, 0.1) is 6.92 Å². The number of piperazine rings is 1. The number of rotatable bonds is 3. The van der Waals surface area contributed by atoms with Crippen LogP contribution < -0.4 is 9.80 Å². The lowest BCUT2D eigenvalue weighted by Crippen LogP contribution is -2.49. The quantitative estimate of drug-likeness (QED) is 0.844. The van der Waals surface area contributed by atoms with Crippen LogP contribution in [0.2, 0.25) is 0 Å². The lowest BCUT2D eigenvalue weighted by molar-refractivity contribution is 0.105. The molecule has 0 radical (unpaired) electrons. The second-order valence-electron chi connectivity index (χ2n) is 6.39. The highest BCUT2D eigenvalue weighted by Crippen LogP contribution is 2.22. The van der Waals surface area contributed by atoms with Gasteiger partial charge < -0.3 is 19.4 Å². The third-order valence-corrected chi connectivity index (χ3v) is 4.60. The summed E-state index contributed by atoms with van der Waals surface area (Å²) in [6.07, 6.45) is 3.55. The molecule has 2 saturated heterocycles. The van der Waals surface area contributed by atoms with Crippen LogP contribution in [-0.4, -0.2) is 66.8 Å². The van der Waals surface area contributed by atoms with Crippen LogP contribution in [0.15, 0.2) is 6.07 Å². The molecule has 0 aliphatic carbocycles. The topological polar surface area (TPSA) is 61.8 Å². The molecule has 0 atom stereocenters. The van der Waals surface area contributed by atoms with Gasteiger partial charge in [-0.3, -0.25) is 0 Å². The number of nitrogens with zero attached hydrogens (tertiary/aromatic N) is 5. The molecule has 7 heteroatoms. The van der Waals surface area contributed by atoms with Gasteiger partial charge in [-0.15, -0.1) is 0 Å². The highest BCUT2D eigenvalue weighted by Gasteiger charge is 2.24. The Morgan fingerprint density at radius 2 is 1.75 bits per heavy atom. The number of anilines is 2. The number of piperidine rings is 1. The number of aryl methyl sites for hydroxylation is 1. The SMILES string of the molecule is CCOC(=O)N1CCN(c2nc(C)cc(N3CCCCC3)n2)CC1. The van der Waals surface area contributed by atoms with E-state index < -0.39 is 0 Å². The Morgan fingerprint density at radius 1 is 1.04 bits per heavy atom. The Morgan fingerprint density at radius 3 is 2.42 bits per heavy atom. The van der Waals surface area contributed by atoms with E-state index in [0.717, 1.165) is 43.6 Å². The molecular formula is C17H27N5O2. The summed E-state index contributed by atoms with van der Waals surface area (Å²) in [5, 5.41) is 0. The minimum atomic E-state index is -0.226. The molecule has 0 aromatic carbocycles. The summed E-state index contributed by atoms with van der Waals surface area (Å²) in [7, 11) is 0. The summed E-state index contributed by atoms with van der Waals surface area (Å²) in [6, 6.07) is 2.07. The molecule has 3 rings (SSSR count). The Bertz CT molecular complexity index is 566. The van der Waals surface area contributed by atoms with Crippen LogP contribution >= 0.6 is 0 Å². The minimum Gasteiger partial charge on any atom is -0.450 e. The van der Waals surface area contributed by atoms with Gasteiger partial charge in [0.15, 0.2) is 0 Å². The number of carbonyl (C=O) groups excluding carboxylic acids is 1. The lowest BCUT2D eigenvalue weighted by Gasteiger charge is -2.35. The molecule has 0 unspecified atom stereocenters. The maximum absolute atomic E-state index is 11.8. The standard InChI is InChI=1S/C17H27N5O2/c1-3-24-17(23)22-11-9-21(10-12-22)16-18-14(2)13-15(19-16)20-7-5-4-6-8-20/h13H,3-12H2,1-2H3. The molecule has 0 N–H and O–H groups in total. The van der Waals surface area contributed by atoms with Crippen molar-refractivity contribution in [1.29, 1.82) is 0 Å². The Labute approximate surface area is 143 Å². The number of aromatic nitrogens is 2. The zero-order chi connectivity index (χ0) is 16.9. The van der Waals surface area contributed by atoms with Crippen molar-refractivity contribution in [1.82, 2.24) is 14.9 Å². The van der Waals surface area contributed by atoms with Gasteiger partial charge in [0.05, 0.1) is 6.61 Å². The molecule has 0 saturated carbocycles. The summed E-state index contributed by atoms with van der Waals surface area (Å²) in [5.41, 5.74) is 0.994. The summed E-state index contributed by atoms with van der Waals surface area (Å²) < 4.78 is 5.07. The highest BCUT2D eigenvalue weighted by molar-refractivity contribution is 5.68. The van der Waals surface area contributed by atoms with E-state index in [1.54, 1.807) is 4.90 Å². The van der Waals surface area contributed by atoms with E-state index in [2.05, 4.69) is 20.9 Å². The third kappa shape index (κ3) is 3.88. The predicted octanol–water partition coefficient (Wildman–Crippen LogP) is 2.05. The highest BCUT2D eigenvalue weighted by atomic mass is 16.6. The molecule has 2 fully saturated rings. The van der Waals surface area contributed by atoms with Crippen LogP contribution in [0.25, 0.3) is 0 Å². The second-order valence-corrected chi connectivity index (χ2v) is 6.39. The molecule has 0 bridgehead atoms. The van der Waals surface area contributed by atoms with Crippen molar-refractivity contribution in [2.45, 2.75) is 33.1 Å². The molecule has 7 nitrogen and oxygen atoms in total. The maximum atomic E-state index is 11.8. The van der Waals surface area contributed by atoms with Crippen LogP contribution in [0.4, 0.5) is 16.6 Å². The van der Waals surface area contributed by atoms with E-state index >= 15 is 0 Å². The molecule has 24 heavy (non-hydrogen) atoms. The summed E-state index contributed by atoms with van der Waals surface area (Å²) in [6.45, 7) is 9.19. The zero-order valence-corrected chi connectivity index (χ0v) is 14.7. The third-order valence-electron chi connectivity index (χ3n) is 4.60. The average molecular weight is 333 g/mol. The van der Waals surface area contributed by atoms with E-state index in [1.165, 1.54) is 19.3 Å². The van der Waals surface area contributed by atoms with Gasteiger partial charge in [0.2, 0.25) is 5.95 Å². The van der Waals surface area contributed by atoms with Crippen molar-refractivity contribution in [2.24, 2.45) is 0 Å². The first-order chi connectivity index (χ1) is 11.7. The van der Waals surface area contributed by atoms with E-state index in [-0.39, 0.29) is 6.09 Å². The molecule has 0 spiro atoms. The van der Waals surface area contributed by atoms with E-state index in [0.29, 0.717) is 19.7 Å². The zero-order valence-electron chi connectivity index (χ0n) is 14.7. The van der Waals surface area contributed by atoms with E-state index in [1.807, 2.05) is 13.8 Å². The van der Waals surface area contributed by atoms with Gasteiger partial charge in [0, 0.05) is 51.0 Å². The normalized spacial score (nSPS) is 18.7. The van der Waals surface area contributed by atoms with Crippen molar-refractivity contribution in [3.8, 4) is 0 Å². The van der Waals surface area contributed by atoms with Crippen LogP contribution in [-0.2, 0) is 4.74 Å². The van der Waals surface area contributed by atoms with E-state index in [9.17, 15) is 4.79 Å². The summed E-state index contributed by atoms with van der Waals surface area (Å²) >= 11 is 0. The van der Waals surface area contributed by atoms with Gasteiger partial charge >= 0.3 is 6.09 Å². The fourth-order valence-corrected chi connectivity index (χ4v) is 3.27. The first-order valence-corrected chi connectivity index (χ1v) is 8.94. The number of ether oxygens (including phenoxy) is 1. The van der Waals surface area contributed by atoms with Gasteiger partial charge in [-0.25, -0.2) is 9.78 Å². The van der Waals surface area contributed by atoms with Crippen LogP contribution in [0.5, 0.6) is 0 Å². The Kier molecular flexibility index (Phi) is 5.37. The van der Waals surface area contributed by atoms with Gasteiger partial charge in [-0.1, -0.05) is 0 Å². The molecular weight excluding hydrogens is 306 g/mol. The molecule has 2 aliphatic rings. The summed E-state index contributed by atoms with van der Waals surface area (Å²) in [5.74, 6) is 1.81. The van der Waals surface area contributed by atoms with Gasteiger partial charge in [-0.2, -0.15) is 4.98 Å². The molecule has 2 aliphatic heterocycles. The smallest absolute Gasteiger partial charge is 0.409 e. The largest absolute Gasteiger partial charge is 0.450 e. The number of hydrogen-bond donors (Lipinski definition) is 0. The fourth-order valence-electron chi connectivity index (χ4n) is 3.27. The van der Waals surface area contributed by atoms with E-state index in [4.69, 9.17) is 9.72 Å². The molecule has 1 amide bonds. The monoisotopic (exact) mass is 333 g/mol. The van der Waals surface area contributed by atoms with Crippen molar-refractivity contribution in [3.05, 3.63) is 11.8 Å². The van der Waals surface area contributed by atoms with Gasteiger partial charge in [0.1, 0.15) is 5.82 Å². The van der Waals surface area contributed by atoms with Crippen molar-refractivity contribution in [3.63, 3.8) is 0 Å². The first-order valence-electron chi connectivity index (χ1n) is 8.94. The predicted molar refractivity (Wildman–Crippen MR) is 93.6 cm³/mol. The van der Waals surface area contributed by atoms with Gasteiger partial charge in [-0.05, 0) is 33.1 Å². The van der Waals surface area contributed by atoms with Crippen LogP contribution in [0.1, 0.15) is 31.9 Å². The van der Waals surface area contributed by atoms with Gasteiger partial charge in [0.25, 0.3) is 0 Å². The second kappa shape index (κ2) is 7.68. The lowest BCUT2D eigenvalue weighted by atomic mass is 10.1. The van der Waals surface area contributed by atoms with Crippen LogP contribution in [0.3, 0.4) is 0 Å². The minimum absolute atomic E-state index is 0.226. The van der Waals surface area contributed by atoms with Crippen molar-refractivity contribution < 1.29 is 9.53 Å². The first kappa shape index (κ1) is 16.8. The van der Waals surface area contributed by atoms with Crippen molar-refractivity contribution >= 4 is 17.9 Å².